The van der Waals surface area contributed by atoms with Crippen LogP contribution < -0.4 is 5.32 Å². The van der Waals surface area contributed by atoms with Crippen molar-refractivity contribution in [1.29, 1.82) is 0 Å². The first-order chi connectivity index (χ1) is 10.0. The van der Waals surface area contributed by atoms with Gasteiger partial charge in [0.2, 0.25) is 5.91 Å². The van der Waals surface area contributed by atoms with Gasteiger partial charge in [0, 0.05) is 12.0 Å². The smallest absolute Gasteiger partial charge is 0.224 e. The molecular formula is C17H16FNO2. The Balaban J connectivity index is 2.07. The van der Waals surface area contributed by atoms with Gasteiger partial charge in [-0.2, -0.15) is 0 Å². The average molecular weight is 285 g/mol. The highest BCUT2D eigenvalue weighted by Gasteiger charge is 2.23. The number of anilines is 1. The summed E-state index contributed by atoms with van der Waals surface area (Å²) < 4.78 is 13.8. The first-order valence-corrected chi connectivity index (χ1v) is 6.91. The van der Waals surface area contributed by atoms with Crippen molar-refractivity contribution in [3.05, 3.63) is 64.5 Å². The monoisotopic (exact) mass is 285 g/mol. The summed E-state index contributed by atoms with van der Waals surface area (Å²) in [5, 5.41) is 13.3. The molecule has 1 atom stereocenters. The minimum Gasteiger partial charge on any atom is -0.384 e. The molecule has 0 aliphatic carbocycles. The Labute approximate surface area is 122 Å². The molecule has 0 fully saturated rings. The zero-order valence-corrected chi connectivity index (χ0v) is 11.7. The molecule has 0 saturated heterocycles. The van der Waals surface area contributed by atoms with Crippen LogP contribution in [0.5, 0.6) is 0 Å². The highest BCUT2D eigenvalue weighted by atomic mass is 19.1. The van der Waals surface area contributed by atoms with Gasteiger partial charge in [-0.15, -0.1) is 0 Å². The standard InChI is InChI=1S/C17H16FNO2/c1-10-2-4-11(5-3-10)17(21)14-9-13(18)8-12-6-7-15(20)19-16(12)14/h2-5,8-9,17,21H,6-7H2,1H3,(H,19,20). The van der Waals surface area contributed by atoms with Gasteiger partial charge in [0.25, 0.3) is 0 Å². The molecule has 3 nitrogen and oxygen atoms in total. The third-order valence-electron chi connectivity index (χ3n) is 3.79. The van der Waals surface area contributed by atoms with Crippen molar-refractivity contribution in [3.63, 3.8) is 0 Å². The van der Waals surface area contributed by atoms with Gasteiger partial charge in [0.05, 0.1) is 5.69 Å². The average Bonchev–Trinajstić information content (AvgIpc) is 2.47. The maximum Gasteiger partial charge on any atom is 0.224 e. The minimum atomic E-state index is -0.964. The maximum absolute atomic E-state index is 13.8. The topological polar surface area (TPSA) is 49.3 Å². The van der Waals surface area contributed by atoms with Gasteiger partial charge in [-0.25, -0.2) is 4.39 Å². The van der Waals surface area contributed by atoms with E-state index < -0.39 is 11.9 Å². The van der Waals surface area contributed by atoms with Crippen molar-refractivity contribution in [3.8, 4) is 0 Å². The van der Waals surface area contributed by atoms with E-state index in [9.17, 15) is 14.3 Å². The highest BCUT2D eigenvalue weighted by molar-refractivity contribution is 5.95. The van der Waals surface area contributed by atoms with E-state index in [4.69, 9.17) is 0 Å². The molecule has 0 aromatic heterocycles. The first kappa shape index (κ1) is 13.8. The van der Waals surface area contributed by atoms with E-state index in [1.165, 1.54) is 12.1 Å². The first-order valence-electron chi connectivity index (χ1n) is 6.91. The molecule has 108 valence electrons. The molecular weight excluding hydrogens is 269 g/mol. The Bertz CT molecular complexity index is 695. The maximum atomic E-state index is 13.8. The van der Waals surface area contributed by atoms with Crippen LogP contribution in [0.2, 0.25) is 0 Å². The van der Waals surface area contributed by atoms with Gasteiger partial charge in [-0.3, -0.25) is 4.79 Å². The Morgan fingerprint density at radius 1 is 1.19 bits per heavy atom. The quantitative estimate of drug-likeness (QED) is 0.890. The number of rotatable bonds is 2. The third-order valence-corrected chi connectivity index (χ3v) is 3.79. The Morgan fingerprint density at radius 3 is 2.62 bits per heavy atom. The van der Waals surface area contributed by atoms with E-state index >= 15 is 0 Å². The predicted octanol–water partition coefficient (Wildman–Crippen LogP) is 3.10. The van der Waals surface area contributed by atoms with Crippen LogP contribution in [0.1, 0.15) is 34.8 Å². The predicted molar refractivity (Wildman–Crippen MR) is 78.6 cm³/mol. The van der Waals surface area contributed by atoms with Crippen LogP contribution in [0.3, 0.4) is 0 Å². The molecule has 2 aromatic carbocycles. The normalized spacial score (nSPS) is 15.3. The molecule has 2 aromatic rings. The second-order valence-electron chi connectivity index (χ2n) is 5.39. The Hall–Kier alpha value is -2.20. The van der Waals surface area contributed by atoms with E-state index in [-0.39, 0.29) is 5.91 Å². The van der Waals surface area contributed by atoms with E-state index in [2.05, 4.69) is 5.32 Å². The fourth-order valence-corrected chi connectivity index (χ4v) is 2.63. The van der Waals surface area contributed by atoms with Crippen LogP contribution in [0.25, 0.3) is 0 Å². The molecule has 0 radical (unpaired) electrons. The number of aliphatic hydroxyl groups is 1. The number of aryl methyl sites for hydroxylation is 2. The molecule has 4 heteroatoms. The second kappa shape index (κ2) is 5.30. The molecule has 1 aliphatic rings. The number of aliphatic hydroxyl groups excluding tert-OH is 1. The summed E-state index contributed by atoms with van der Waals surface area (Å²) >= 11 is 0. The second-order valence-corrected chi connectivity index (χ2v) is 5.39. The summed E-state index contributed by atoms with van der Waals surface area (Å²) in [7, 11) is 0. The van der Waals surface area contributed by atoms with E-state index in [1.807, 2.05) is 31.2 Å². The van der Waals surface area contributed by atoms with Gasteiger partial charge in [0.1, 0.15) is 11.9 Å². The van der Waals surface area contributed by atoms with Crippen LogP contribution >= 0.6 is 0 Å². The van der Waals surface area contributed by atoms with E-state index in [0.29, 0.717) is 29.7 Å². The van der Waals surface area contributed by atoms with Crippen molar-refractivity contribution in [2.24, 2.45) is 0 Å². The van der Waals surface area contributed by atoms with Crippen molar-refractivity contribution in [1.82, 2.24) is 0 Å². The van der Waals surface area contributed by atoms with Gasteiger partial charge in [-0.05, 0) is 36.6 Å². The summed E-state index contributed by atoms with van der Waals surface area (Å²) in [4.78, 5) is 11.6. The zero-order chi connectivity index (χ0) is 15.0. The van der Waals surface area contributed by atoms with E-state index in [0.717, 1.165) is 11.1 Å². The largest absolute Gasteiger partial charge is 0.384 e. The number of hydrogen-bond acceptors (Lipinski definition) is 2. The molecule has 0 bridgehead atoms. The van der Waals surface area contributed by atoms with Gasteiger partial charge < -0.3 is 10.4 Å². The molecule has 2 N–H and O–H groups in total. The lowest BCUT2D eigenvalue weighted by atomic mass is 9.93. The van der Waals surface area contributed by atoms with Gasteiger partial charge in [-0.1, -0.05) is 29.8 Å². The van der Waals surface area contributed by atoms with Gasteiger partial charge >= 0.3 is 0 Å². The number of carbonyl (C=O) groups is 1. The van der Waals surface area contributed by atoms with E-state index in [1.54, 1.807) is 0 Å². The molecule has 1 unspecified atom stereocenters. The van der Waals surface area contributed by atoms with Crippen LogP contribution in [0.15, 0.2) is 36.4 Å². The molecule has 0 spiro atoms. The van der Waals surface area contributed by atoms with Crippen LogP contribution in [-0.4, -0.2) is 11.0 Å². The number of hydrogen-bond donors (Lipinski definition) is 2. The van der Waals surface area contributed by atoms with Crippen LogP contribution in [0.4, 0.5) is 10.1 Å². The highest BCUT2D eigenvalue weighted by Crippen LogP contribution is 2.34. The summed E-state index contributed by atoms with van der Waals surface area (Å²) in [5.74, 6) is -0.502. The number of halogens is 1. The van der Waals surface area contributed by atoms with Crippen molar-refractivity contribution in [2.45, 2.75) is 25.9 Å². The number of benzene rings is 2. The Morgan fingerprint density at radius 2 is 1.90 bits per heavy atom. The molecule has 0 saturated carbocycles. The number of amides is 1. The SMILES string of the molecule is Cc1ccc(C(O)c2cc(F)cc3c2NC(=O)CC3)cc1. The van der Waals surface area contributed by atoms with Crippen molar-refractivity contribution < 1.29 is 14.3 Å². The Kier molecular flexibility index (Phi) is 3.47. The minimum absolute atomic E-state index is 0.105. The summed E-state index contributed by atoms with van der Waals surface area (Å²) in [6, 6.07) is 10.1. The lowest BCUT2D eigenvalue weighted by Crippen LogP contribution is -2.21. The van der Waals surface area contributed by atoms with Crippen molar-refractivity contribution in [2.75, 3.05) is 5.32 Å². The molecule has 1 aliphatic heterocycles. The lowest BCUT2D eigenvalue weighted by Gasteiger charge is -2.23. The fraction of sp³-hybridized carbons (Fsp3) is 0.235. The number of fused-ring (bicyclic) bond motifs is 1. The summed E-state index contributed by atoms with van der Waals surface area (Å²) in [6.45, 7) is 1.96. The van der Waals surface area contributed by atoms with Crippen LogP contribution in [-0.2, 0) is 11.2 Å². The fourth-order valence-electron chi connectivity index (χ4n) is 2.63. The summed E-state index contributed by atoms with van der Waals surface area (Å²) in [5.41, 5.74) is 3.44. The van der Waals surface area contributed by atoms with Gasteiger partial charge in [0.15, 0.2) is 0 Å². The zero-order valence-electron chi connectivity index (χ0n) is 11.7. The lowest BCUT2D eigenvalue weighted by molar-refractivity contribution is -0.116. The third kappa shape index (κ3) is 2.67. The van der Waals surface area contributed by atoms with Crippen molar-refractivity contribution >= 4 is 11.6 Å². The molecule has 1 heterocycles. The molecule has 21 heavy (non-hydrogen) atoms. The number of nitrogens with one attached hydrogen (secondary N) is 1. The number of carbonyl (C=O) groups excluding carboxylic acids is 1. The van der Waals surface area contributed by atoms with Crippen LogP contribution in [0, 0.1) is 12.7 Å². The molecule has 1 amide bonds. The molecule has 3 rings (SSSR count). The summed E-state index contributed by atoms with van der Waals surface area (Å²) in [6.07, 6.45) is -0.128.